The van der Waals surface area contributed by atoms with E-state index >= 15 is 0 Å². The fourth-order valence-corrected chi connectivity index (χ4v) is 3.56. The molecule has 16 heavy (non-hydrogen) atoms. The third-order valence-electron chi connectivity index (χ3n) is 4.44. The Balaban J connectivity index is 2.54. The summed E-state index contributed by atoms with van der Waals surface area (Å²) < 4.78 is 0. The van der Waals surface area contributed by atoms with Crippen LogP contribution in [-0.4, -0.2) is 29.9 Å². The van der Waals surface area contributed by atoms with E-state index in [0.717, 1.165) is 5.92 Å². The van der Waals surface area contributed by atoms with E-state index in [2.05, 4.69) is 48.6 Å². The summed E-state index contributed by atoms with van der Waals surface area (Å²) >= 11 is 3.76. The highest BCUT2D eigenvalue weighted by Gasteiger charge is 2.33. The summed E-state index contributed by atoms with van der Waals surface area (Å²) in [7, 11) is 2.30. The topological polar surface area (TPSA) is 3.24 Å². The lowest BCUT2D eigenvalue weighted by Crippen LogP contribution is -2.43. The molecule has 0 aliphatic heterocycles. The van der Waals surface area contributed by atoms with Crippen molar-refractivity contribution in [1.29, 1.82) is 0 Å². The molecule has 1 aliphatic carbocycles. The Morgan fingerprint density at radius 1 is 1.12 bits per heavy atom. The second-order valence-corrected chi connectivity index (χ2v) is 6.65. The zero-order chi connectivity index (χ0) is 12.2. The van der Waals surface area contributed by atoms with E-state index in [1.807, 2.05) is 0 Å². The third-order valence-corrected chi connectivity index (χ3v) is 5.63. The van der Waals surface area contributed by atoms with Gasteiger partial charge in [-0.25, -0.2) is 0 Å². The van der Waals surface area contributed by atoms with E-state index in [1.54, 1.807) is 0 Å². The largest absolute Gasteiger partial charge is 0.303 e. The monoisotopic (exact) mass is 289 g/mol. The van der Waals surface area contributed by atoms with Crippen molar-refractivity contribution in [3.63, 3.8) is 0 Å². The summed E-state index contributed by atoms with van der Waals surface area (Å²) in [4.78, 5) is 2.57. The molecule has 0 aromatic carbocycles. The number of nitrogens with zero attached hydrogens (tertiary/aromatic N) is 1. The molecule has 0 radical (unpaired) electrons. The van der Waals surface area contributed by atoms with Crippen LogP contribution in [0.3, 0.4) is 0 Å². The molecule has 1 nitrogen and oxygen atoms in total. The van der Waals surface area contributed by atoms with Crippen LogP contribution in [0, 0.1) is 11.3 Å². The molecule has 0 amide bonds. The molecule has 0 N–H and O–H groups in total. The molecule has 1 rings (SSSR count). The van der Waals surface area contributed by atoms with Crippen LogP contribution in [0.1, 0.15) is 52.9 Å². The molecule has 1 saturated carbocycles. The van der Waals surface area contributed by atoms with Gasteiger partial charge in [-0.3, -0.25) is 0 Å². The number of hydrogen-bond donors (Lipinski definition) is 0. The van der Waals surface area contributed by atoms with Gasteiger partial charge in [0.2, 0.25) is 0 Å². The Labute approximate surface area is 110 Å². The number of hydrogen-bond acceptors (Lipinski definition) is 1. The molecule has 0 heterocycles. The maximum atomic E-state index is 3.76. The van der Waals surface area contributed by atoms with Crippen molar-refractivity contribution >= 4 is 15.9 Å². The minimum Gasteiger partial charge on any atom is -0.303 e. The van der Waals surface area contributed by atoms with Gasteiger partial charge in [0.05, 0.1) is 0 Å². The first kappa shape index (κ1) is 14.5. The van der Waals surface area contributed by atoms with Gasteiger partial charge in [0, 0.05) is 17.9 Å². The van der Waals surface area contributed by atoms with Gasteiger partial charge in [0.25, 0.3) is 0 Å². The molecule has 0 spiro atoms. The first-order valence-electron chi connectivity index (χ1n) is 6.77. The molecule has 0 aromatic rings. The summed E-state index contributed by atoms with van der Waals surface area (Å²) in [5.41, 5.74) is 0.552. The Morgan fingerprint density at radius 3 is 2.12 bits per heavy atom. The van der Waals surface area contributed by atoms with Crippen LogP contribution >= 0.6 is 15.9 Å². The molecule has 0 bridgehead atoms. The minimum absolute atomic E-state index is 0.552. The van der Waals surface area contributed by atoms with Gasteiger partial charge in [0.1, 0.15) is 0 Å². The normalized spacial score (nSPS) is 22.7. The summed E-state index contributed by atoms with van der Waals surface area (Å²) in [6.45, 7) is 8.26. The number of alkyl halides is 1. The number of halogens is 1. The van der Waals surface area contributed by atoms with Gasteiger partial charge in [-0.1, -0.05) is 49.0 Å². The van der Waals surface area contributed by atoms with Crippen LogP contribution < -0.4 is 0 Å². The van der Waals surface area contributed by atoms with Crippen LogP contribution in [0.25, 0.3) is 0 Å². The molecule has 1 fully saturated rings. The molecular formula is C14H28BrN. The van der Waals surface area contributed by atoms with Crippen LogP contribution in [0.15, 0.2) is 0 Å². The highest BCUT2D eigenvalue weighted by molar-refractivity contribution is 9.09. The zero-order valence-corrected chi connectivity index (χ0v) is 13.0. The lowest BCUT2D eigenvalue weighted by atomic mass is 9.75. The van der Waals surface area contributed by atoms with Gasteiger partial charge in [-0.05, 0) is 38.1 Å². The Bertz CT molecular complexity index is 197. The third kappa shape index (κ3) is 3.73. The highest BCUT2D eigenvalue weighted by Crippen LogP contribution is 2.38. The van der Waals surface area contributed by atoms with Crippen molar-refractivity contribution in [2.24, 2.45) is 11.3 Å². The summed E-state index contributed by atoms with van der Waals surface area (Å²) in [5.74, 6) is 0.751. The molecule has 0 saturated heterocycles. The number of rotatable bonds is 5. The van der Waals surface area contributed by atoms with E-state index < -0.39 is 0 Å². The fourth-order valence-electron chi connectivity index (χ4n) is 2.82. The Hall–Kier alpha value is 0.440. The lowest BCUT2D eigenvalue weighted by molar-refractivity contribution is 0.104. The molecular weight excluding hydrogens is 262 g/mol. The quantitative estimate of drug-likeness (QED) is 0.682. The van der Waals surface area contributed by atoms with Gasteiger partial charge in [-0.2, -0.15) is 0 Å². The Kier molecular flexibility index (Phi) is 5.79. The molecule has 96 valence electrons. The second-order valence-electron chi connectivity index (χ2n) is 6.09. The smallest absolute Gasteiger partial charge is 0.0100 e. The molecule has 0 aromatic heterocycles. The van der Waals surface area contributed by atoms with E-state index in [0.29, 0.717) is 11.5 Å². The highest BCUT2D eigenvalue weighted by atomic mass is 79.9. The summed E-state index contributed by atoms with van der Waals surface area (Å²) in [6, 6.07) is 0.692. The van der Waals surface area contributed by atoms with E-state index in [-0.39, 0.29) is 0 Å². The van der Waals surface area contributed by atoms with Crippen molar-refractivity contribution < 1.29 is 0 Å². The standard InChI is InChI=1S/C14H28BrN/c1-12(2)13(3)16(4)11-14(10-15)8-6-5-7-9-14/h12-13H,5-11H2,1-4H3. The van der Waals surface area contributed by atoms with Crippen LogP contribution in [0.2, 0.25) is 0 Å². The average molecular weight is 290 g/mol. The van der Waals surface area contributed by atoms with Crippen LogP contribution in [0.4, 0.5) is 0 Å². The van der Waals surface area contributed by atoms with Crippen molar-refractivity contribution in [1.82, 2.24) is 4.90 Å². The van der Waals surface area contributed by atoms with E-state index in [1.165, 1.54) is 44.0 Å². The fraction of sp³-hybridized carbons (Fsp3) is 1.00. The first-order chi connectivity index (χ1) is 7.51. The van der Waals surface area contributed by atoms with Crippen molar-refractivity contribution in [2.75, 3.05) is 18.9 Å². The van der Waals surface area contributed by atoms with E-state index in [9.17, 15) is 0 Å². The molecule has 1 aliphatic rings. The maximum Gasteiger partial charge on any atom is 0.0100 e. The van der Waals surface area contributed by atoms with Crippen molar-refractivity contribution in [3.05, 3.63) is 0 Å². The molecule has 1 unspecified atom stereocenters. The zero-order valence-electron chi connectivity index (χ0n) is 11.4. The molecule has 1 atom stereocenters. The van der Waals surface area contributed by atoms with Gasteiger partial charge in [-0.15, -0.1) is 0 Å². The summed E-state index contributed by atoms with van der Waals surface area (Å²) in [6.07, 6.45) is 7.12. The van der Waals surface area contributed by atoms with Crippen LogP contribution in [0.5, 0.6) is 0 Å². The van der Waals surface area contributed by atoms with Crippen molar-refractivity contribution in [3.8, 4) is 0 Å². The maximum absolute atomic E-state index is 3.76. The van der Waals surface area contributed by atoms with Crippen LogP contribution in [-0.2, 0) is 0 Å². The molecule has 2 heteroatoms. The van der Waals surface area contributed by atoms with Gasteiger partial charge in [0.15, 0.2) is 0 Å². The predicted molar refractivity (Wildman–Crippen MR) is 76.2 cm³/mol. The first-order valence-corrected chi connectivity index (χ1v) is 7.89. The minimum atomic E-state index is 0.552. The lowest BCUT2D eigenvalue weighted by Gasteiger charge is -2.41. The van der Waals surface area contributed by atoms with Crippen molar-refractivity contribution in [2.45, 2.75) is 58.9 Å². The predicted octanol–water partition coefficient (Wildman–Crippen LogP) is 4.31. The summed E-state index contributed by atoms with van der Waals surface area (Å²) in [5, 5.41) is 1.18. The Morgan fingerprint density at radius 2 is 1.69 bits per heavy atom. The SMILES string of the molecule is CC(C)C(C)N(C)CC1(CBr)CCCCC1. The van der Waals surface area contributed by atoms with Gasteiger partial charge >= 0.3 is 0 Å². The van der Waals surface area contributed by atoms with Gasteiger partial charge < -0.3 is 4.90 Å². The second kappa shape index (κ2) is 6.39. The average Bonchev–Trinajstić information content (AvgIpc) is 2.29. The van der Waals surface area contributed by atoms with E-state index in [4.69, 9.17) is 0 Å².